The summed E-state index contributed by atoms with van der Waals surface area (Å²) in [5.74, 6) is 0.718. The average molecular weight is 516 g/mol. The number of amides is 2. The first-order valence-corrected chi connectivity index (χ1v) is 12.1. The molecule has 0 spiro atoms. The van der Waals surface area contributed by atoms with Gasteiger partial charge in [0.1, 0.15) is 0 Å². The highest BCUT2D eigenvalue weighted by Gasteiger charge is 2.26. The van der Waals surface area contributed by atoms with Crippen LogP contribution in [0.3, 0.4) is 0 Å². The van der Waals surface area contributed by atoms with Gasteiger partial charge in [0.15, 0.2) is 11.0 Å². The lowest BCUT2D eigenvalue weighted by molar-refractivity contribution is -0.113. The fraction of sp³-hybridized carbons (Fsp3) is 0.304. The van der Waals surface area contributed by atoms with Crippen molar-refractivity contribution in [1.29, 1.82) is 0 Å². The Balaban J connectivity index is 1.69. The minimum atomic E-state index is -0.305. The number of carbonyl (C=O) groups is 2. The molecule has 2 amide bonds. The first-order chi connectivity index (χ1) is 15.4. The largest absolute Gasteiger partial charge is 0.342 e. The number of halogens is 1. The van der Waals surface area contributed by atoms with Crippen molar-refractivity contribution >= 4 is 45.2 Å². The highest BCUT2D eigenvalue weighted by Crippen LogP contribution is 2.26. The van der Waals surface area contributed by atoms with Gasteiger partial charge in [-0.25, -0.2) is 0 Å². The average Bonchev–Trinajstić information content (AvgIpc) is 3.20. The molecule has 1 aromatic heterocycles. The summed E-state index contributed by atoms with van der Waals surface area (Å²) in [5, 5.41) is 15.3. The van der Waals surface area contributed by atoms with Crippen LogP contribution in [0.5, 0.6) is 0 Å². The van der Waals surface area contributed by atoms with Gasteiger partial charge in [-0.2, -0.15) is 0 Å². The topological polar surface area (TPSA) is 88.9 Å². The molecule has 0 radical (unpaired) electrons. The third kappa shape index (κ3) is 6.20. The number of nitrogens with zero attached hydrogens (tertiary/aromatic N) is 3. The standard InChI is InChI=1S/C23H26BrN5O2S/c1-4-29-21(20(15(2)3)26-22(31)16-8-6-5-7-9-16)27-28-23(29)32-14-19(30)25-18-12-10-17(24)11-13-18/h5-13,15,20H,4,14H2,1-3H3,(H,25,30)(H,26,31)/t20-/m1/s1. The Morgan fingerprint density at radius 2 is 1.75 bits per heavy atom. The predicted molar refractivity (Wildman–Crippen MR) is 131 cm³/mol. The smallest absolute Gasteiger partial charge is 0.251 e. The van der Waals surface area contributed by atoms with Gasteiger partial charge in [0.05, 0.1) is 11.8 Å². The molecule has 0 fully saturated rings. The molecule has 168 valence electrons. The molecule has 1 heterocycles. The van der Waals surface area contributed by atoms with Gasteiger partial charge in [-0.1, -0.05) is 59.7 Å². The molecule has 0 unspecified atom stereocenters. The van der Waals surface area contributed by atoms with E-state index in [0.717, 1.165) is 10.2 Å². The summed E-state index contributed by atoms with van der Waals surface area (Å²) in [5.41, 5.74) is 1.33. The lowest BCUT2D eigenvalue weighted by atomic mass is 10.0. The van der Waals surface area contributed by atoms with E-state index in [4.69, 9.17) is 0 Å². The molecule has 32 heavy (non-hydrogen) atoms. The summed E-state index contributed by atoms with van der Waals surface area (Å²) in [6.07, 6.45) is 0. The Morgan fingerprint density at radius 1 is 1.06 bits per heavy atom. The van der Waals surface area contributed by atoms with E-state index in [2.05, 4.69) is 36.8 Å². The van der Waals surface area contributed by atoms with Gasteiger partial charge < -0.3 is 15.2 Å². The molecule has 0 aliphatic rings. The molecule has 2 N–H and O–H groups in total. The van der Waals surface area contributed by atoms with E-state index in [1.807, 2.05) is 67.8 Å². The predicted octanol–water partition coefficient (Wildman–Crippen LogP) is 4.92. The van der Waals surface area contributed by atoms with Crippen LogP contribution < -0.4 is 10.6 Å². The third-order valence-corrected chi connectivity index (χ3v) is 6.28. The zero-order valence-electron chi connectivity index (χ0n) is 18.2. The van der Waals surface area contributed by atoms with Crippen molar-refractivity contribution < 1.29 is 9.59 Å². The number of hydrogen-bond acceptors (Lipinski definition) is 5. The van der Waals surface area contributed by atoms with Gasteiger partial charge in [0.25, 0.3) is 5.91 Å². The maximum Gasteiger partial charge on any atom is 0.251 e. The second kappa shape index (κ2) is 11.3. The second-order valence-electron chi connectivity index (χ2n) is 7.49. The monoisotopic (exact) mass is 515 g/mol. The highest BCUT2D eigenvalue weighted by atomic mass is 79.9. The van der Waals surface area contributed by atoms with E-state index in [0.29, 0.717) is 23.1 Å². The van der Waals surface area contributed by atoms with Crippen LogP contribution in [0, 0.1) is 5.92 Å². The SMILES string of the molecule is CCn1c(SCC(=O)Nc2ccc(Br)cc2)nnc1[C@H](NC(=O)c1ccccc1)C(C)C. The molecule has 0 aliphatic carbocycles. The maximum absolute atomic E-state index is 12.7. The Morgan fingerprint density at radius 3 is 2.38 bits per heavy atom. The van der Waals surface area contributed by atoms with Crippen molar-refractivity contribution in [3.8, 4) is 0 Å². The number of carbonyl (C=O) groups excluding carboxylic acids is 2. The number of rotatable bonds is 9. The molecule has 7 nitrogen and oxygen atoms in total. The van der Waals surface area contributed by atoms with Crippen molar-refractivity contribution in [3.63, 3.8) is 0 Å². The Labute approximate surface area is 200 Å². The number of aromatic nitrogens is 3. The molecule has 1 atom stereocenters. The summed E-state index contributed by atoms with van der Waals surface area (Å²) < 4.78 is 2.90. The van der Waals surface area contributed by atoms with Crippen molar-refractivity contribution in [3.05, 3.63) is 70.5 Å². The number of thioether (sulfide) groups is 1. The summed E-state index contributed by atoms with van der Waals surface area (Å²) in [4.78, 5) is 25.1. The third-order valence-electron chi connectivity index (χ3n) is 4.79. The van der Waals surface area contributed by atoms with Crippen LogP contribution in [0.4, 0.5) is 5.69 Å². The fourth-order valence-corrected chi connectivity index (χ4v) is 4.21. The van der Waals surface area contributed by atoms with Crippen LogP contribution in [0.15, 0.2) is 64.2 Å². The lowest BCUT2D eigenvalue weighted by Gasteiger charge is -2.22. The number of hydrogen-bond donors (Lipinski definition) is 2. The molecule has 2 aromatic carbocycles. The Hall–Kier alpha value is -2.65. The lowest BCUT2D eigenvalue weighted by Crippen LogP contribution is -2.33. The molecule has 0 bridgehead atoms. The van der Waals surface area contributed by atoms with Crippen LogP contribution in [-0.4, -0.2) is 32.3 Å². The van der Waals surface area contributed by atoms with E-state index in [1.165, 1.54) is 11.8 Å². The summed E-state index contributed by atoms with van der Waals surface area (Å²) in [7, 11) is 0. The van der Waals surface area contributed by atoms with E-state index >= 15 is 0 Å². The van der Waals surface area contributed by atoms with Gasteiger partial charge in [0, 0.05) is 22.3 Å². The molecule has 0 saturated heterocycles. The summed E-state index contributed by atoms with van der Waals surface area (Å²) in [6.45, 7) is 6.69. The van der Waals surface area contributed by atoms with E-state index in [1.54, 1.807) is 12.1 Å². The van der Waals surface area contributed by atoms with Gasteiger partial charge in [-0.05, 0) is 49.2 Å². The number of nitrogens with one attached hydrogen (secondary N) is 2. The normalized spacial score (nSPS) is 11.9. The van der Waals surface area contributed by atoms with E-state index in [9.17, 15) is 9.59 Å². The van der Waals surface area contributed by atoms with Crippen LogP contribution in [0.2, 0.25) is 0 Å². The highest BCUT2D eigenvalue weighted by molar-refractivity contribution is 9.10. The fourth-order valence-electron chi connectivity index (χ4n) is 3.14. The van der Waals surface area contributed by atoms with Crippen molar-refractivity contribution in [2.45, 2.75) is 38.5 Å². The van der Waals surface area contributed by atoms with E-state index in [-0.39, 0.29) is 29.5 Å². The number of benzene rings is 2. The van der Waals surface area contributed by atoms with Crippen molar-refractivity contribution in [2.75, 3.05) is 11.1 Å². The first-order valence-electron chi connectivity index (χ1n) is 10.4. The molecular weight excluding hydrogens is 490 g/mol. The van der Waals surface area contributed by atoms with Gasteiger partial charge in [0.2, 0.25) is 5.91 Å². The molecule has 0 aliphatic heterocycles. The summed E-state index contributed by atoms with van der Waals surface area (Å²) >= 11 is 4.70. The van der Waals surface area contributed by atoms with E-state index < -0.39 is 0 Å². The Bertz CT molecular complexity index is 1050. The first kappa shape index (κ1) is 24.0. The second-order valence-corrected chi connectivity index (χ2v) is 9.35. The number of anilines is 1. The zero-order chi connectivity index (χ0) is 23.1. The van der Waals surface area contributed by atoms with Crippen molar-refractivity contribution in [1.82, 2.24) is 20.1 Å². The van der Waals surface area contributed by atoms with Crippen LogP contribution in [0.1, 0.15) is 43.0 Å². The van der Waals surface area contributed by atoms with Crippen LogP contribution in [0.25, 0.3) is 0 Å². The van der Waals surface area contributed by atoms with Crippen LogP contribution >= 0.6 is 27.7 Å². The minimum absolute atomic E-state index is 0.107. The molecule has 0 saturated carbocycles. The van der Waals surface area contributed by atoms with Crippen molar-refractivity contribution in [2.24, 2.45) is 5.92 Å². The van der Waals surface area contributed by atoms with Gasteiger partial charge in [-0.15, -0.1) is 10.2 Å². The molecule has 9 heteroatoms. The maximum atomic E-state index is 12.7. The quantitative estimate of drug-likeness (QED) is 0.395. The van der Waals surface area contributed by atoms with Crippen LogP contribution in [-0.2, 0) is 11.3 Å². The molecule has 3 aromatic rings. The molecular formula is C23H26BrN5O2S. The minimum Gasteiger partial charge on any atom is -0.342 e. The van der Waals surface area contributed by atoms with Gasteiger partial charge in [-0.3, -0.25) is 9.59 Å². The molecule has 3 rings (SSSR count). The van der Waals surface area contributed by atoms with Gasteiger partial charge >= 0.3 is 0 Å². The Kier molecular flexibility index (Phi) is 8.46. The summed E-state index contributed by atoms with van der Waals surface area (Å²) in [6, 6.07) is 16.2. The zero-order valence-corrected chi connectivity index (χ0v) is 20.6.